The predicted molar refractivity (Wildman–Crippen MR) is 56.7 cm³/mol. The summed E-state index contributed by atoms with van der Waals surface area (Å²) in [7, 11) is -3.18. The molecule has 14 heavy (non-hydrogen) atoms. The topological polar surface area (TPSA) is 85.1 Å². The van der Waals surface area contributed by atoms with Crippen LogP contribution >= 0.6 is 11.3 Å². The van der Waals surface area contributed by atoms with E-state index < -0.39 is 10.0 Å². The first-order chi connectivity index (χ1) is 6.64. The van der Waals surface area contributed by atoms with Crippen LogP contribution < -0.4 is 10.5 Å². The number of hydrogen-bond donors (Lipinski definition) is 2. The molecule has 0 aliphatic heterocycles. The SMILES string of the molecule is NCCS(=O)(=O)NCCc1cscn1. The summed E-state index contributed by atoms with van der Waals surface area (Å²) in [6.45, 7) is 0.526. The van der Waals surface area contributed by atoms with Crippen LogP contribution in [-0.2, 0) is 16.4 Å². The fourth-order valence-corrected chi connectivity index (χ4v) is 2.38. The van der Waals surface area contributed by atoms with Gasteiger partial charge in [0.1, 0.15) is 0 Å². The maximum absolute atomic E-state index is 11.2. The molecule has 0 atom stereocenters. The van der Waals surface area contributed by atoms with Gasteiger partial charge in [-0.1, -0.05) is 0 Å². The van der Waals surface area contributed by atoms with Gasteiger partial charge >= 0.3 is 0 Å². The summed E-state index contributed by atoms with van der Waals surface area (Å²) in [5.74, 6) is -0.0237. The molecule has 3 N–H and O–H groups in total. The van der Waals surface area contributed by atoms with Crippen molar-refractivity contribution < 1.29 is 8.42 Å². The van der Waals surface area contributed by atoms with E-state index in [9.17, 15) is 8.42 Å². The van der Waals surface area contributed by atoms with Gasteiger partial charge in [0.15, 0.2) is 0 Å². The largest absolute Gasteiger partial charge is 0.329 e. The summed E-state index contributed by atoms with van der Waals surface area (Å²) in [4.78, 5) is 4.04. The van der Waals surface area contributed by atoms with E-state index in [1.54, 1.807) is 5.51 Å². The van der Waals surface area contributed by atoms with Crippen LogP contribution in [0.4, 0.5) is 0 Å². The average Bonchev–Trinajstić information content (AvgIpc) is 2.56. The van der Waals surface area contributed by atoms with Crippen molar-refractivity contribution in [1.29, 1.82) is 0 Å². The second kappa shape index (κ2) is 5.40. The van der Waals surface area contributed by atoms with Gasteiger partial charge in [-0.05, 0) is 0 Å². The molecule has 0 amide bonds. The molecule has 5 nitrogen and oxygen atoms in total. The van der Waals surface area contributed by atoms with Gasteiger partial charge in [0.2, 0.25) is 10.0 Å². The Balaban J connectivity index is 2.28. The van der Waals surface area contributed by atoms with Crippen molar-refractivity contribution >= 4 is 21.4 Å². The molecule has 7 heteroatoms. The monoisotopic (exact) mass is 235 g/mol. The minimum atomic E-state index is -3.18. The summed E-state index contributed by atoms with van der Waals surface area (Å²) in [5, 5.41) is 1.90. The maximum atomic E-state index is 11.2. The zero-order valence-electron chi connectivity index (χ0n) is 7.64. The minimum absolute atomic E-state index is 0.0237. The van der Waals surface area contributed by atoms with Crippen molar-refractivity contribution in [2.75, 3.05) is 18.8 Å². The highest BCUT2D eigenvalue weighted by Gasteiger charge is 2.07. The number of nitrogens with two attached hydrogens (primary N) is 1. The van der Waals surface area contributed by atoms with Crippen molar-refractivity contribution in [1.82, 2.24) is 9.71 Å². The van der Waals surface area contributed by atoms with Crippen LogP contribution in [0.5, 0.6) is 0 Å². The van der Waals surface area contributed by atoms with Gasteiger partial charge in [0.05, 0.1) is 17.0 Å². The van der Waals surface area contributed by atoms with Crippen LogP contribution in [0.2, 0.25) is 0 Å². The number of thiazole rings is 1. The lowest BCUT2D eigenvalue weighted by atomic mass is 10.3. The van der Waals surface area contributed by atoms with E-state index in [-0.39, 0.29) is 12.3 Å². The van der Waals surface area contributed by atoms with Gasteiger partial charge in [0.25, 0.3) is 0 Å². The van der Waals surface area contributed by atoms with Crippen molar-refractivity contribution in [3.63, 3.8) is 0 Å². The fourth-order valence-electron chi connectivity index (χ4n) is 0.923. The third-order valence-electron chi connectivity index (χ3n) is 1.57. The Morgan fingerprint density at radius 1 is 1.57 bits per heavy atom. The summed E-state index contributed by atoms with van der Waals surface area (Å²) in [6, 6.07) is 0. The lowest BCUT2D eigenvalue weighted by Crippen LogP contribution is -2.31. The van der Waals surface area contributed by atoms with Gasteiger partial charge in [-0.3, -0.25) is 0 Å². The predicted octanol–water partition coefficient (Wildman–Crippen LogP) is -0.436. The Bertz CT molecular complexity index is 347. The molecule has 0 aliphatic carbocycles. The van der Waals surface area contributed by atoms with Gasteiger partial charge < -0.3 is 5.73 Å². The van der Waals surface area contributed by atoms with Gasteiger partial charge in [0, 0.05) is 24.9 Å². The van der Waals surface area contributed by atoms with Crippen LogP contribution in [0.1, 0.15) is 5.69 Å². The van der Waals surface area contributed by atoms with E-state index in [2.05, 4.69) is 9.71 Å². The molecule has 1 aromatic heterocycles. The molecule has 0 fully saturated rings. The fraction of sp³-hybridized carbons (Fsp3) is 0.571. The summed E-state index contributed by atoms with van der Waals surface area (Å²) in [6.07, 6.45) is 0.618. The summed E-state index contributed by atoms with van der Waals surface area (Å²) < 4.78 is 24.8. The van der Waals surface area contributed by atoms with Crippen LogP contribution in [0, 0.1) is 0 Å². The molecule has 80 valence electrons. The third-order valence-corrected chi connectivity index (χ3v) is 3.63. The van der Waals surface area contributed by atoms with Gasteiger partial charge in [-0.2, -0.15) is 0 Å². The molecule has 1 aromatic rings. The van der Waals surface area contributed by atoms with E-state index in [1.165, 1.54) is 11.3 Å². The molecule has 0 radical (unpaired) electrons. The van der Waals surface area contributed by atoms with E-state index in [1.807, 2.05) is 5.38 Å². The van der Waals surface area contributed by atoms with Crippen LogP contribution in [-0.4, -0.2) is 32.2 Å². The number of sulfonamides is 1. The Hall–Kier alpha value is -0.500. The molecular formula is C7H13N3O2S2. The Kier molecular flexibility index (Phi) is 4.46. The minimum Gasteiger partial charge on any atom is -0.329 e. The number of aromatic nitrogens is 1. The Morgan fingerprint density at radius 2 is 2.36 bits per heavy atom. The first-order valence-corrected chi connectivity index (χ1v) is 6.78. The first-order valence-electron chi connectivity index (χ1n) is 4.18. The first kappa shape index (κ1) is 11.6. The Labute approximate surface area is 87.4 Å². The molecule has 1 rings (SSSR count). The van der Waals surface area contributed by atoms with Crippen molar-refractivity contribution in [3.05, 3.63) is 16.6 Å². The molecule has 0 bridgehead atoms. The smallest absolute Gasteiger partial charge is 0.212 e. The van der Waals surface area contributed by atoms with Crippen LogP contribution in [0.15, 0.2) is 10.9 Å². The normalized spacial score (nSPS) is 11.8. The standard InChI is InChI=1S/C7H13N3O2S2/c8-2-4-14(11,12)10-3-1-7-5-13-6-9-7/h5-6,10H,1-4,8H2. The molecular weight excluding hydrogens is 222 g/mol. The summed E-state index contributed by atoms with van der Waals surface area (Å²) in [5.41, 5.74) is 7.78. The highest BCUT2D eigenvalue weighted by molar-refractivity contribution is 7.89. The second-order valence-corrected chi connectivity index (χ2v) is 5.38. The molecule has 0 spiro atoms. The average molecular weight is 235 g/mol. The number of hydrogen-bond acceptors (Lipinski definition) is 5. The molecule has 0 unspecified atom stereocenters. The number of nitrogens with zero attached hydrogens (tertiary/aromatic N) is 1. The van der Waals surface area contributed by atoms with Gasteiger partial charge in [-0.25, -0.2) is 18.1 Å². The van der Waals surface area contributed by atoms with E-state index >= 15 is 0 Å². The van der Waals surface area contributed by atoms with Crippen molar-refractivity contribution in [3.8, 4) is 0 Å². The molecule has 0 aliphatic rings. The second-order valence-electron chi connectivity index (χ2n) is 2.73. The van der Waals surface area contributed by atoms with E-state index in [0.29, 0.717) is 13.0 Å². The van der Waals surface area contributed by atoms with Crippen molar-refractivity contribution in [2.45, 2.75) is 6.42 Å². The van der Waals surface area contributed by atoms with Crippen molar-refractivity contribution in [2.24, 2.45) is 5.73 Å². The van der Waals surface area contributed by atoms with Crippen LogP contribution in [0.25, 0.3) is 0 Å². The quantitative estimate of drug-likeness (QED) is 0.700. The Morgan fingerprint density at radius 3 is 2.93 bits per heavy atom. The highest BCUT2D eigenvalue weighted by atomic mass is 32.2. The molecule has 0 saturated carbocycles. The number of nitrogens with one attached hydrogen (secondary N) is 1. The zero-order chi connectivity index (χ0) is 10.4. The third kappa shape index (κ3) is 4.14. The lowest BCUT2D eigenvalue weighted by Gasteiger charge is -2.03. The zero-order valence-corrected chi connectivity index (χ0v) is 9.27. The molecule has 0 aromatic carbocycles. The maximum Gasteiger partial charge on any atom is 0.212 e. The number of rotatable bonds is 6. The van der Waals surface area contributed by atoms with Gasteiger partial charge in [-0.15, -0.1) is 11.3 Å². The van der Waals surface area contributed by atoms with E-state index in [4.69, 9.17) is 5.73 Å². The van der Waals surface area contributed by atoms with Crippen LogP contribution in [0.3, 0.4) is 0 Å². The lowest BCUT2D eigenvalue weighted by molar-refractivity contribution is 0.581. The highest BCUT2D eigenvalue weighted by Crippen LogP contribution is 2.00. The molecule has 1 heterocycles. The summed E-state index contributed by atoms with van der Waals surface area (Å²) >= 11 is 1.50. The van der Waals surface area contributed by atoms with E-state index in [0.717, 1.165) is 5.69 Å². The molecule has 0 saturated heterocycles.